The van der Waals surface area contributed by atoms with E-state index in [0.29, 0.717) is 37.0 Å². The predicted molar refractivity (Wildman–Crippen MR) is 86.3 cm³/mol. The van der Waals surface area contributed by atoms with Gasteiger partial charge in [-0.25, -0.2) is 0 Å². The standard InChI is InChI=1S/C17H31NO5.Na/c1-2-3-4-5-6-7-12-18(15-19,13-8-10-16(20)21)14-9-11-17(22)23;/h5-6,19H,2-4,7-15H2,1H3,(H-,20,21,22,23);/q;+1/b6-5+;. The van der Waals surface area contributed by atoms with Gasteiger partial charge in [-0.2, -0.15) is 0 Å². The second-order valence-corrected chi connectivity index (χ2v) is 6.03. The predicted octanol–water partition coefficient (Wildman–Crippen LogP) is -1.71. The normalized spacial score (nSPS) is 13.4. The number of aliphatic hydroxyl groups excluding tert-OH is 1. The third-order valence-corrected chi connectivity index (χ3v) is 4.00. The van der Waals surface area contributed by atoms with E-state index in [2.05, 4.69) is 19.1 Å². The zero-order chi connectivity index (χ0) is 17.6. The third-order valence-electron chi connectivity index (χ3n) is 4.00. The van der Waals surface area contributed by atoms with E-state index in [1.54, 1.807) is 0 Å². The number of nitrogens with zero attached hydrogens (tertiary/aromatic N) is 1. The van der Waals surface area contributed by atoms with E-state index < -0.39 is 11.9 Å². The molecule has 7 heteroatoms. The van der Waals surface area contributed by atoms with Crippen LogP contribution in [0, 0.1) is 0 Å². The fraction of sp³-hybridized carbons (Fsp3) is 0.765. The summed E-state index contributed by atoms with van der Waals surface area (Å²) in [6, 6.07) is 0. The minimum Gasteiger partial charge on any atom is -0.550 e. The second kappa shape index (κ2) is 16.1. The van der Waals surface area contributed by atoms with Crippen molar-refractivity contribution >= 4 is 11.9 Å². The van der Waals surface area contributed by atoms with Crippen molar-refractivity contribution < 1.29 is 58.9 Å². The Morgan fingerprint density at radius 1 is 1.00 bits per heavy atom. The van der Waals surface area contributed by atoms with Gasteiger partial charge in [0.2, 0.25) is 0 Å². The van der Waals surface area contributed by atoms with E-state index in [4.69, 9.17) is 5.11 Å². The average molecular weight is 352 g/mol. The van der Waals surface area contributed by atoms with Gasteiger partial charge in [-0.05, 0) is 12.8 Å². The number of hydrogen-bond acceptors (Lipinski definition) is 4. The maximum absolute atomic E-state index is 10.7. The number of rotatable bonds is 15. The van der Waals surface area contributed by atoms with Gasteiger partial charge in [-0.1, -0.05) is 31.9 Å². The van der Waals surface area contributed by atoms with Crippen LogP contribution in [0.3, 0.4) is 0 Å². The maximum atomic E-state index is 10.7. The van der Waals surface area contributed by atoms with Gasteiger partial charge in [0.1, 0.15) is 0 Å². The number of allylic oxidation sites excluding steroid dienone is 1. The SMILES string of the molecule is CCCC/C=C/CC[N+](CO)(CCCC(=O)[O-])CCCC(=O)O.[Na+]. The fourth-order valence-corrected chi connectivity index (χ4v) is 2.58. The molecule has 24 heavy (non-hydrogen) atoms. The molecule has 0 saturated carbocycles. The van der Waals surface area contributed by atoms with Crippen LogP contribution in [0.25, 0.3) is 0 Å². The van der Waals surface area contributed by atoms with Crippen molar-refractivity contribution in [1.82, 2.24) is 0 Å². The minimum atomic E-state index is -1.09. The van der Waals surface area contributed by atoms with Gasteiger partial charge in [0.25, 0.3) is 0 Å². The van der Waals surface area contributed by atoms with Crippen LogP contribution in [0.15, 0.2) is 12.2 Å². The molecule has 0 amide bonds. The molecule has 0 aliphatic heterocycles. The van der Waals surface area contributed by atoms with Crippen LogP contribution < -0.4 is 34.7 Å². The first-order chi connectivity index (χ1) is 11.0. The quantitative estimate of drug-likeness (QED) is 0.120. The van der Waals surface area contributed by atoms with Crippen LogP contribution in [-0.4, -0.2) is 53.0 Å². The molecule has 0 rings (SSSR count). The first-order valence-corrected chi connectivity index (χ1v) is 8.48. The number of unbranched alkanes of at least 4 members (excludes halogenated alkanes) is 2. The summed E-state index contributed by atoms with van der Waals surface area (Å²) in [5.74, 6) is -1.94. The molecule has 0 aromatic carbocycles. The zero-order valence-electron chi connectivity index (χ0n) is 15.2. The summed E-state index contributed by atoms with van der Waals surface area (Å²) in [6.45, 7) is 3.79. The summed E-state index contributed by atoms with van der Waals surface area (Å²) < 4.78 is 0.346. The molecule has 1 unspecified atom stereocenters. The van der Waals surface area contributed by atoms with Crippen molar-refractivity contribution in [1.29, 1.82) is 0 Å². The van der Waals surface area contributed by atoms with Crippen molar-refractivity contribution in [3.63, 3.8) is 0 Å². The molecular formula is C17H31NNaO5+. The molecule has 0 heterocycles. The van der Waals surface area contributed by atoms with Crippen LogP contribution in [0.4, 0.5) is 0 Å². The molecule has 0 radical (unpaired) electrons. The summed E-state index contributed by atoms with van der Waals surface area (Å²) in [4.78, 5) is 21.2. The van der Waals surface area contributed by atoms with Gasteiger partial charge in [0.15, 0.2) is 6.73 Å². The molecule has 6 nitrogen and oxygen atoms in total. The zero-order valence-corrected chi connectivity index (χ0v) is 17.2. The van der Waals surface area contributed by atoms with Gasteiger partial charge in [-0.3, -0.25) is 4.79 Å². The summed E-state index contributed by atoms with van der Waals surface area (Å²) in [6.07, 6.45) is 9.29. The van der Waals surface area contributed by atoms with Crippen LogP contribution in [0.5, 0.6) is 0 Å². The number of carboxylic acids is 2. The van der Waals surface area contributed by atoms with Gasteiger partial charge in [-0.15, -0.1) is 0 Å². The van der Waals surface area contributed by atoms with Crippen molar-refractivity contribution in [3.05, 3.63) is 12.2 Å². The molecule has 0 aliphatic carbocycles. The van der Waals surface area contributed by atoms with Gasteiger partial charge < -0.3 is 24.6 Å². The van der Waals surface area contributed by atoms with Crippen LogP contribution in [0.2, 0.25) is 0 Å². The number of carbonyl (C=O) groups is 2. The van der Waals surface area contributed by atoms with Crippen LogP contribution >= 0.6 is 0 Å². The average Bonchev–Trinajstić information content (AvgIpc) is 2.49. The third kappa shape index (κ3) is 14.0. The molecule has 0 aromatic heterocycles. The number of aliphatic hydroxyl groups is 1. The largest absolute Gasteiger partial charge is 1.00 e. The summed E-state index contributed by atoms with van der Waals surface area (Å²) in [5.41, 5.74) is 0. The molecule has 2 N–H and O–H groups in total. The fourth-order valence-electron chi connectivity index (χ4n) is 2.58. The van der Waals surface area contributed by atoms with E-state index in [0.717, 1.165) is 25.7 Å². The van der Waals surface area contributed by atoms with Crippen molar-refractivity contribution in [2.24, 2.45) is 0 Å². The molecule has 0 aromatic rings. The van der Waals surface area contributed by atoms with Crippen LogP contribution in [0.1, 0.15) is 58.3 Å². The number of hydrogen-bond donors (Lipinski definition) is 2. The summed E-state index contributed by atoms with van der Waals surface area (Å²) >= 11 is 0. The molecule has 0 saturated heterocycles. The molecule has 0 aliphatic rings. The Kier molecular flexibility index (Phi) is 17.3. The molecular weight excluding hydrogens is 321 g/mol. The Bertz CT molecular complexity index is 354. The molecule has 1 atom stereocenters. The summed E-state index contributed by atoms with van der Waals surface area (Å²) in [5, 5.41) is 29.1. The van der Waals surface area contributed by atoms with Gasteiger partial charge in [0, 0.05) is 25.2 Å². The van der Waals surface area contributed by atoms with E-state index in [9.17, 15) is 19.8 Å². The maximum Gasteiger partial charge on any atom is 1.00 e. The Morgan fingerprint density at radius 2 is 1.58 bits per heavy atom. The molecule has 0 fully saturated rings. The van der Waals surface area contributed by atoms with E-state index in [1.165, 1.54) is 0 Å². The number of aliphatic carboxylic acids is 2. The molecule has 0 bridgehead atoms. The Labute approximate surface area is 167 Å². The molecule has 0 spiro atoms. The van der Waals surface area contributed by atoms with Crippen molar-refractivity contribution in [2.75, 3.05) is 26.4 Å². The van der Waals surface area contributed by atoms with Crippen LogP contribution in [-0.2, 0) is 9.59 Å². The first-order valence-electron chi connectivity index (χ1n) is 8.48. The molecule has 134 valence electrons. The van der Waals surface area contributed by atoms with Gasteiger partial charge in [0.05, 0.1) is 26.1 Å². The minimum absolute atomic E-state index is 0. The first kappa shape index (κ1) is 25.8. The van der Waals surface area contributed by atoms with E-state index in [1.807, 2.05) is 0 Å². The Balaban J connectivity index is 0. The smallest absolute Gasteiger partial charge is 0.550 e. The van der Waals surface area contributed by atoms with Crippen molar-refractivity contribution in [3.8, 4) is 0 Å². The van der Waals surface area contributed by atoms with E-state index in [-0.39, 0.29) is 49.1 Å². The topological polar surface area (TPSA) is 97.7 Å². The second-order valence-electron chi connectivity index (χ2n) is 6.03. The number of quaternary nitrogens is 1. The Morgan fingerprint density at radius 3 is 2.08 bits per heavy atom. The van der Waals surface area contributed by atoms with Crippen molar-refractivity contribution in [2.45, 2.75) is 58.3 Å². The van der Waals surface area contributed by atoms with E-state index >= 15 is 0 Å². The Hall–Kier alpha value is -0.400. The monoisotopic (exact) mass is 352 g/mol. The number of carbonyl (C=O) groups excluding carboxylic acids is 1. The number of carboxylic acid groups (broad SMARTS) is 2. The summed E-state index contributed by atoms with van der Waals surface area (Å²) in [7, 11) is 0. The van der Waals surface area contributed by atoms with Gasteiger partial charge >= 0.3 is 35.5 Å².